The van der Waals surface area contributed by atoms with Crippen LogP contribution >= 0.6 is 11.6 Å². The van der Waals surface area contributed by atoms with E-state index in [0.717, 1.165) is 63.2 Å². The molecule has 0 bridgehead atoms. The van der Waals surface area contributed by atoms with Crippen LogP contribution in [0.5, 0.6) is 0 Å². The number of aromatic nitrogens is 1. The number of fused-ring (bicyclic) bond motifs is 2. The summed E-state index contributed by atoms with van der Waals surface area (Å²) in [7, 11) is 0. The third-order valence-corrected chi connectivity index (χ3v) is 6.06. The van der Waals surface area contributed by atoms with Crippen molar-refractivity contribution in [3.8, 4) is 0 Å². The summed E-state index contributed by atoms with van der Waals surface area (Å²) in [5.41, 5.74) is 8.05. The van der Waals surface area contributed by atoms with Gasteiger partial charge in [0.2, 0.25) is 0 Å². The lowest BCUT2D eigenvalue weighted by molar-refractivity contribution is 0.231. The van der Waals surface area contributed by atoms with E-state index in [2.05, 4.69) is 23.1 Å². The number of aliphatic hydroxyl groups excluding tert-OH is 1. The second kappa shape index (κ2) is 8.55. The Morgan fingerprint density at radius 1 is 1.00 bits per heavy atom. The number of nitrogens with zero attached hydrogens (tertiary/aromatic N) is 2. The number of halogens is 1. The molecule has 1 N–H and O–H groups in total. The number of pyridine rings is 1. The normalized spacial score (nSPS) is 17.4. The predicted molar refractivity (Wildman–Crippen MR) is 111 cm³/mol. The second-order valence-electron chi connectivity index (χ2n) is 7.56. The number of aryl methyl sites for hydroxylation is 2. The van der Waals surface area contributed by atoms with E-state index in [1.54, 1.807) is 0 Å². The summed E-state index contributed by atoms with van der Waals surface area (Å²) in [4.78, 5) is 7.33. The number of unbranched alkanes of at least 4 members (excludes halogenated alkanes) is 1. The van der Waals surface area contributed by atoms with Gasteiger partial charge in [-0.2, -0.15) is 0 Å². The first kappa shape index (κ1) is 18.7. The number of rotatable bonds is 4. The van der Waals surface area contributed by atoms with Crippen LogP contribution in [0.3, 0.4) is 0 Å². The van der Waals surface area contributed by atoms with Crippen LogP contribution < -0.4 is 0 Å². The summed E-state index contributed by atoms with van der Waals surface area (Å²) in [6, 6.07) is 10.6. The molecule has 1 aliphatic carbocycles. The smallest absolute Gasteiger partial charge is 0.0739 e. The van der Waals surface area contributed by atoms with Crippen molar-refractivity contribution in [1.29, 1.82) is 0 Å². The second-order valence-corrected chi connectivity index (χ2v) is 8.00. The zero-order valence-electron chi connectivity index (χ0n) is 15.8. The quantitative estimate of drug-likeness (QED) is 0.790. The summed E-state index contributed by atoms with van der Waals surface area (Å²) in [6.45, 7) is 3.57. The van der Waals surface area contributed by atoms with Crippen molar-refractivity contribution in [3.05, 3.63) is 69.5 Å². The monoisotopic (exact) mass is 382 g/mol. The van der Waals surface area contributed by atoms with Crippen LogP contribution in [0.4, 0.5) is 0 Å². The first-order chi connectivity index (χ1) is 13.3. The molecule has 1 aliphatic heterocycles. The van der Waals surface area contributed by atoms with Gasteiger partial charge in [-0.25, -0.2) is 0 Å². The molecule has 2 aromatic rings. The molecular weight excluding hydrogens is 356 g/mol. The Kier molecular flexibility index (Phi) is 5.92. The van der Waals surface area contributed by atoms with E-state index in [-0.39, 0.29) is 0 Å². The lowest BCUT2D eigenvalue weighted by Gasteiger charge is -2.30. The molecule has 3 nitrogen and oxygen atoms in total. The summed E-state index contributed by atoms with van der Waals surface area (Å²) in [6.07, 6.45) is 8.10. The Labute approximate surface area is 166 Å². The zero-order chi connectivity index (χ0) is 18.6. The molecule has 4 rings (SSSR count). The van der Waals surface area contributed by atoms with Crippen molar-refractivity contribution in [2.24, 2.45) is 0 Å². The van der Waals surface area contributed by atoms with Crippen LogP contribution in [0.15, 0.2) is 42.1 Å². The highest BCUT2D eigenvalue weighted by atomic mass is 35.5. The number of aliphatic hydroxyl groups is 1. The SMILES string of the molecule is OCCCCN1CCC(=C2c3ccc(Cl)cc3CCc3cccnc32)CC1. The first-order valence-electron chi connectivity index (χ1n) is 10.0. The molecule has 0 spiro atoms. The molecule has 2 heterocycles. The lowest BCUT2D eigenvalue weighted by atomic mass is 9.88. The minimum atomic E-state index is 0.297. The molecular formula is C23H27ClN2O. The number of likely N-dealkylation sites (tertiary alicyclic amines) is 1. The largest absolute Gasteiger partial charge is 0.396 e. The van der Waals surface area contributed by atoms with Gasteiger partial charge in [0.1, 0.15) is 0 Å². The zero-order valence-corrected chi connectivity index (χ0v) is 16.5. The average molecular weight is 383 g/mol. The molecule has 0 atom stereocenters. The van der Waals surface area contributed by atoms with E-state index in [9.17, 15) is 0 Å². The van der Waals surface area contributed by atoms with Gasteiger partial charge in [-0.05, 0) is 80.0 Å². The van der Waals surface area contributed by atoms with Crippen molar-refractivity contribution in [1.82, 2.24) is 9.88 Å². The molecule has 1 aromatic heterocycles. The van der Waals surface area contributed by atoms with Gasteiger partial charge in [0.15, 0.2) is 0 Å². The van der Waals surface area contributed by atoms with Crippen LogP contribution in [0.25, 0.3) is 5.57 Å². The van der Waals surface area contributed by atoms with Crippen molar-refractivity contribution in [2.45, 2.75) is 38.5 Å². The molecule has 27 heavy (non-hydrogen) atoms. The van der Waals surface area contributed by atoms with Gasteiger partial charge >= 0.3 is 0 Å². The highest BCUT2D eigenvalue weighted by Crippen LogP contribution is 2.38. The Balaban J connectivity index is 1.68. The number of benzene rings is 1. The Morgan fingerprint density at radius 2 is 1.81 bits per heavy atom. The molecule has 142 valence electrons. The number of hydrogen-bond acceptors (Lipinski definition) is 3. The van der Waals surface area contributed by atoms with E-state index in [1.165, 1.54) is 33.5 Å². The maximum atomic E-state index is 9.00. The maximum Gasteiger partial charge on any atom is 0.0739 e. The lowest BCUT2D eigenvalue weighted by Crippen LogP contribution is -2.32. The van der Waals surface area contributed by atoms with Gasteiger partial charge in [-0.3, -0.25) is 4.98 Å². The van der Waals surface area contributed by atoms with Crippen LogP contribution in [0.2, 0.25) is 5.02 Å². The molecule has 0 saturated carbocycles. The van der Waals surface area contributed by atoms with Crippen LogP contribution in [-0.4, -0.2) is 41.2 Å². The van der Waals surface area contributed by atoms with Crippen molar-refractivity contribution >= 4 is 17.2 Å². The van der Waals surface area contributed by atoms with Gasteiger partial charge in [-0.15, -0.1) is 0 Å². The summed E-state index contributed by atoms with van der Waals surface area (Å²) >= 11 is 6.30. The van der Waals surface area contributed by atoms with Crippen LogP contribution in [-0.2, 0) is 12.8 Å². The van der Waals surface area contributed by atoms with E-state index in [1.807, 2.05) is 18.3 Å². The predicted octanol–water partition coefficient (Wildman–Crippen LogP) is 4.50. The molecule has 2 aliphatic rings. The van der Waals surface area contributed by atoms with Crippen molar-refractivity contribution < 1.29 is 5.11 Å². The van der Waals surface area contributed by atoms with Gasteiger partial charge in [0, 0.05) is 36.5 Å². The molecule has 1 aromatic carbocycles. The maximum absolute atomic E-state index is 9.00. The van der Waals surface area contributed by atoms with Gasteiger partial charge < -0.3 is 10.0 Å². The van der Waals surface area contributed by atoms with Crippen molar-refractivity contribution in [2.75, 3.05) is 26.2 Å². The first-order valence-corrected chi connectivity index (χ1v) is 10.4. The van der Waals surface area contributed by atoms with E-state index >= 15 is 0 Å². The Hall–Kier alpha value is -1.68. The third-order valence-electron chi connectivity index (χ3n) is 5.82. The molecule has 1 fully saturated rings. The molecule has 4 heteroatoms. The summed E-state index contributed by atoms with van der Waals surface area (Å²) in [5, 5.41) is 9.81. The fourth-order valence-corrected chi connectivity index (χ4v) is 4.57. The van der Waals surface area contributed by atoms with E-state index in [4.69, 9.17) is 21.7 Å². The third kappa shape index (κ3) is 4.11. The van der Waals surface area contributed by atoms with Gasteiger partial charge in [-0.1, -0.05) is 29.3 Å². The topological polar surface area (TPSA) is 36.4 Å². The summed E-state index contributed by atoms with van der Waals surface area (Å²) < 4.78 is 0. The van der Waals surface area contributed by atoms with Crippen LogP contribution in [0.1, 0.15) is 48.1 Å². The van der Waals surface area contributed by atoms with E-state index in [0.29, 0.717) is 6.61 Å². The molecule has 0 radical (unpaired) electrons. The highest BCUT2D eigenvalue weighted by Gasteiger charge is 2.24. The fraction of sp³-hybridized carbons (Fsp3) is 0.435. The minimum Gasteiger partial charge on any atom is -0.396 e. The highest BCUT2D eigenvalue weighted by molar-refractivity contribution is 6.30. The number of hydrogen-bond donors (Lipinski definition) is 1. The molecule has 0 unspecified atom stereocenters. The Bertz CT molecular complexity index is 836. The molecule has 0 amide bonds. The van der Waals surface area contributed by atoms with Crippen molar-refractivity contribution in [3.63, 3.8) is 0 Å². The number of piperidine rings is 1. The Morgan fingerprint density at radius 3 is 2.63 bits per heavy atom. The summed E-state index contributed by atoms with van der Waals surface area (Å²) in [5.74, 6) is 0. The standard InChI is InChI=1S/C23H27ClN2O/c24-20-7-8-21-19(16-20)6-5-18-4-3-11-25-23(18)22(21)17-9-13-26(14-10-17)12-1-2-15-27/h3-4,7-8,11,16,27H,1-2,5-6,9-10,12-15H2. The van der Waals surface area contributed by atoms with Gasteiger partial charge in [0.25, 0.3) is 0 Å². The fourth-order valence-electron chi connectivity index (χ4n) is 4.38. The minimum absolute atomic E-state index is 0.297. The average Bonchev–Trinajstić information content (AvgIpc) is 2.85. The van der Waals surface area contributed by atoms with Gasteiger partial charge in [0.05, 0.1) is 5.69 Å². The molecule has 1 saturated heterocycles. The van der Waals surface area contributed by atoms with E-state index < -0.39 is 0 Å². The van der Waals surface area contributed by atoms with Crippen LogP contribution in [0, 0.1) is 0 Å².